The second-order valence-electron chi connectivity index (χ2n) is 19.3. The second-order valence-corrected chi connectivity index (χ2v) is 19.3. The van der Waals surface area contributed by atoms with Crippen molar-refractivity contribution in [1.29, 1.82) is 0 Å². The van der Waals surface area contributed by atoms with Crippen molar-refractivity contribution >= 4 is 34.0 Å². The van der Waals surface area contributed by atoms with E-state index < -0.39 is 5.41 Å². The smallest absolute Gasteiger partial charge is 0.0727 e. The molecule has 2 aliphatic carbocycles. The van der Waals surface area contributed by atoms with E-state index in [2.05, 4.69) is 284 Å². The first kappa shape index (κ1) is 47.3. The molecule has 0 aliphatic heterocycles. The Balaban J connectivity index is 0.000000395. The van der Waals surface area contributed by atoms with Gasteiger partial charge in [0, 0.05) is 28.4 Å². The van der Waals surface area contributed by atoms with Crippen LogP contribution in [0.4, 0.5) is 28.4 Å². The van der Waals surface area contributed by atoms with Crippen LogP contribution >= 0.6 is 0 Å². The SMILES string of the molecule is C=C/C=C(\C=C/C)c1ccccc1.c1ccc(-c2ccc(Nc3ccc4c(c3)C3(c5ccccc5-4)c4ccccc4-c4ccc(N(c5ccc(-c6ccccc6)cc5)c5ccc(-c6ccccc6)cc5)cc43)cc2)cc1. The van der Waals surface area contributed by atoms with E-state index in [4.69, 9.17) is 0 Å². The molecule has 0 saturated carbocycles. The highest BCUT2D eigenvalue weighted by Crippen LogP contribution is 2.63. The third kappa shape index (κ3) is 8.86. The van der Waals surface area contributed by atoms with E-state index >= 15 is 0 Å². The third-order valence-corrected chi connectivity index (χ3v) is 14.8. The van der Waals surface area contributed by atoms with Gasteiger partial charge in [0.1, 0.15) is 0 Å². The van der Waals surface area contributed by atoms with Crippen molar-refractivity contribution in [3.8, 4) is 55.6 Å². The van der Waals surface area contributed by atoms with Crippen LogP contribution in [0.5, 0.6) is 0 Å². The summed E-state index contributed by atoms with van der Waals surface area (Å²) < 4.78 is 0. The summed E-state index contributed by atoms with van der Waals surface area (Å²) in [5, 5.41) is 3.79. The first-order valence-electron chi connectivity index (χ1n) is 26.1. The van der Waals surface area contributed by atoms with Crippen LogP contribution in [0, 0.1) is 0 Å². The molecule has 1 N–H and O–H groups in total. The average molecular weight is 973 g/mol. The molecule has 0 bridgehead atoms. The van der Waals surface area contributed by atoms with Gasteiger partial charge in [0.05, 0.1) is 5.41 Å². The van der Waals surface area contributed by atoms with Crippen molar-refractivity contribution in [3.63, 3.8) is 0 Å². The maximum atomic E-state index is 3.79. The third-order valence-electron chi connectivity index (χ3n) is 14.8. The van der Waals surface area contributed by atoms with Gasteiger partial charge in [-0.25, -0.2) is 0 Å². The molecule has 362 valence electrons. The van der Waals surface area contributed by atoms with E-state index in [1.807, 2.05) is 43.4 Å². The maximum absolute atomic E-state index is 3.79. The van der Waals surface area contributed by atoms with Crippen molar-refractivity contribution in [2.45, 2.75) is 12.3 Å². The summed E-state index contributed by atoms with van der Waals surface area (Å²) in [6.45, 7) is 5.71. The molecule has 2 aliphatic rings. The lowest BCUT2D eigenvalue weighted by Gasteiger charge is -2.32. The molecule has 0 heterocycles. The first-order valence-corrected chi connectivity index (χ1v) is 26.1. The number of hydrogen-bond donors (Lipinski definition) is 1. The minimum atomic E-state index is -0.525. The van der Waals surface area contributed by atoms with Crippen LogP contribution in [0.15, 0.2) is 310 Å². The summed E-state index contributed by atoms with van der Waals surface area (Å²) in [5.41, 5.74) is 24.9. The molecule has 2 heteroatoms. The number of benzene rings is 11. The predicted molar refractivity (Wildman–Crippen MR) is 323 cm³/mol. The van der Waals surface area contributed by atoms with Crippen LogP contribution in [-0.4, -0.2) is 0 Å². The zero-order valence-corrected chi connectivity index (χ0v) is 42.5. The summed E-state index contributed by atoms with van der Waals surface area (Å²) >= 11 is 0. The van der Waals surface area contributed by atoms with Gasteiger partial charge >= 0.3 is 0 Å². The van der Waals surface area contributed by atoms with E-state index in [1.54, 1.807) is 0 Å². The Labute approximate surface area is 447 Å². The number of anilines is 5. The van der Waals surface area contributed by atoms with Gasteiger partial charge in [-0.2, -0.15) is 0 Å². The molecule has 0 saturated heterocycles. The molecule has 0 amide bonds. The standard InChI is InChI=1S/C61H42N2.C13H14/c1-4-14-42(15-5-1)45-24-30-48(31-25-45)62-49-32-38-55-53-20-10-12-22-57(53)61(59(55)40-49)58-23-13-11-21-54(58)56-39-37-52(41-60(56)61)63(50-33-26-46(27-34-50)43-16-6-2-7-17-43)51-35-28-47(29-36-51)44-18-8-3-9-19-44;1-3-8-12(9-4-2)13-10-6-5-7-11-13/h1-41,62H;3-11H,1H2,2H3/b;9-4-,12-8+. The fourth-order valence-corrected chi connectivity index (χ4v) is 11.4. The molecule has 1 atom stereocenters. The van der Waals surface area contributed by atoms with E-state index in [1.165, 1.54) is 89.0 Å². The van der Waals surface area contributed by atoms with Gasteiger partial charge in [-0.15, -0.1) is 0 Å². The molecule has 76 heavy (non-hydrogen) atoms. The minimum Gasteiger partial charge on any atom is -0.356 e. The van der Waals surface area contributed by atoms with Crippen molar-refractivity contribution in [3.05, 3.63) is 338 Å². The number of nitrogens with zero attached hydrogens (tertiary/aromatic N) is 1. The van der Waals surface area contributed by atoms with E-state index in [-0.39, 0.29) is 0 Å². The molecule has 11 aromatic carbocycles. The van der Waals surface area contributed by atoms with Gasteiger partial charge < -0.3 is 10.2 Å². The van der Waals surface area contributed by atoms with Crippen molar-refractivity contribution < 1.29 is 0 Å². The number of allylic oxidation sites excluding steroid dienone is 5. The number of rotatable bonds is 11. The maximum Gasteiger partial charge on any atom is 0.0727 e. The molecular formula is C74H56N2. The normalized spacial score (nSPS) is 13.7. The predicted octanol–water partition coefficient (Wildman–Crippen LogP) is 20.1. The Morgan fingerprint density at radius 3 is 1.24 bits per heavy atom. The molecule has 1 unspecified atom stereocenters. The summed E-state index contributed by atoms with van der Waals surface area (Å²) in [7, 11) is 0. The lowest BCUT2D eigenvalue weighted by atomic mass is 9.70. The van der Waals surface area contributed by atoms with E-state index in [9.17, 15) is 0 Å². The van der Waals surface area contributed by atoms with Crippen molar-refractivity contribution in [2.24, 2.45) is 0 Å². The Morgan fingerprint density at radius 1 is 0.368 bits per heavy atom. The van der Waals surface area contributed by atoms with Gasteiger partial charge in [0.25, 0.3) is 0 Å². The van der Waals surface area contributed by atoms with Gasteiger partial charge in [-0.1, -0.05) is 249 Å². The average Bonchev–Trinajstić information content (AvgIpc) is 4.19. The number of fused-ring (bicyclic) bond motifs is 10. The van der Waals surface area contributed by atoms with Crippen molar-refractivity contribution in [2.75, 3.05) is 10.2 Å². The van der Waals surface area contributed by atoms with Crippen LogP contribution in [0.3, 0.4) is 0 Å². The summed E-state index contributed by atoms with van der Waals surface area (Å²) in [6, 6.07) is 101. The molecule has 13 rings (SSSR count). The monoisotopic (exact) mass is 972 g/mol. The topological polar surface area (TPSA) is 15.3 Å². The van der Waals surface area contributed by atoms with Gasteiger partial charge in [-0.3, -0.25) is 0 Å². The Morgan fingerprint density at radius 2 is 0.750 bits per heavy atom. The van der Waals surface area contributed by atoms with Crippen LogP contribution < -0.4 is 10.2 Å². The quantitative estimate of drug-likeness (QED) is 0.130. The highest BCUT2D eigenvalue weighted by atomic mass is 15.1. The Hall–Kier alpha value is -9.76. The molecule has 1 spiro atoms. The van der Waals surface area contributed by atoms with Crippen LogP contribution in [0.25, 0.3) is 61.2 Å². The van der Waals surface area contributed by atoms with Crippen LogP contribution in [0.2, 0.25) is 0 Å². The van der Waals surface area contributed by atoms with Gasteiger partial charge in [0.15, 0.2) is 0 Å². The van der Waals surface area contributed by atoms with Crippen LogP contribution in [-0.2, 0) is 5.41 Å². The summed E-state index contributed by atoms with van der Waals surface area (Å²) in [6.07, 6.45) is 7.93. The Kier molecular flexibility index (Phi) is 13.1. The van der Waals surface area contributed by atoms with E-state index in [0.29, 0.717) is 0 Å². The summed E-state index contributed by atoms with van der Waals surface area (Å²) in [4.78, 5) is 2.42. The lowest BCUT2D eigenvalue weighted by Crippen LogP contribution is -2.26. The molecule has 0 fully saturated rings. The molecule has 0 aromatic heterocycles. The largest absolute Gasteiger partial charge is 0.356 e. The fourth-order valence-electron chi connectivity index (χ4n) is 11.4. The Bertz CT molecular complexity index is 3780. The highest BCUT2D eigenvalue weighted by Gasteiger charge is 2.52. The van der Waals surface area contributed by atoms with Gasteiger partial charge in [-0.05, 0) is 157 Å². The molecular weight excluding hydrogens is 917 g/mol. The zero-order chi connectivity index (χ0) is 51.3. The zero-order valence-electron chi connectivity index (χ0n) is 42.5. The fraction of sp³-hybridized carbons (Fsp3) is 0.0270. The molecule has 0 radical (unpaired) electrons. The first-order chi connectivity index (χ1) is 37.6. The second kappa shape index (κ2) is 21.0. The van der Waals surface area contributed by atoms with Gasteiger partial charge in [0.2, 0.25) is 0 Å². The molecule has 11 aromatic rings. The lowest BCUT2D eigenvalue weighted by molar-refractivity contribution is 0.794. The van der Waals surface area contributed by atoms with Crippen LogP contribution in [0.1, 0.15) is 34.7 Å². The van der Waals surface area contributed by atoms with E-state index in [0.717, 1.165) is 28.4 Å². The summed E-state index contributed by atoms with van der Waals surface area (Å²) in [5.74, 6) is 0. The number of nitrogens with one attached hydrogen (secondary N) is 1. The number of hydrogen-bond acceptors (Lipinski definition) is 2. The molecule has 2 nitrogen and oxygen atoms in total. The van der Waals surface area contributed by atoms with Crippen molar-refractivity contribution in [1.82, 2.24) is 0 Å². The minimum absolute atomic E-state index is 0.525. The highest BCUT2D eigenvalue weighted by molar-refractivity contribution is 5.97.